The van der Waals surface area contributed by atoms with Crippen molar-refractivity contribution in [2.24, 2.45) is 5.73 Å². The Morgan fingerprint density at radius 2 is 2.30 bits per heavy atom. The van der Waals surface area contributed by atoms with Gasteiger partial charge in [-0.05, 0) is 13.3 Å². The van der Waals surface area contributed by atoms with Gasteiger partial charge in [0.2, 0.25) is 0 Å². The summed E-state index contributed by atoms with van der Waals surface area (Å²) in [6.45, 7) is 2.73. The van der Waals surface area contributed by atoms with Gasteiger partial charge in [-0.2, -0.15) is 0 Å². The summed E-state index contributed by atoms with van der Waals surface area (Å²) in [6, 6.07) is 0.182. The van der Waals surface area contributed by atoms with Gasteiger partial charge in [-0.3, -0.25) is 0 Å². The van der Waals surface area contributed by atoms with Crippen LogP contribution in [0.25, 0.3) is 0 Å². The topological polar surface area (TPSA) is 44.5 Å². The summed E-state index contributed by atoms with van der Waals surface area (Å²) in [5.74, 6) is 0. The van der Waals surface area contributed by atoms with Crippen molar-refractivity contribution >= 4 is 0 Å². The minimum Gasteiger partial charge on any atom is -0.377 e. The maximum absolute atomic E-state index is 5.65. The molecule has 1 saturated carbocycles. The molecule has 3 atom stereocenters. The summed E-state index contributed by atoms with van der Waals surface area (Å²) >= 11 is 0. The van der Waals surface area contributed by atoms with Crippen LogP contribution in [0.1, 0.15) is 13.3 Å². The molecule has 0 amide bonds. The molecule has 60 valence electrons. The smallest absolute Gasteiger partial charge is 0.0984 e. The van der Waals surface area contributed by atoms with Crippen molar-refractivity contribution in [1.82, 2.24) is 0 Å². The fourth-order valence-corrected chi connectivity index (χ4v) is 1.32. The van der Waals surface area contributed by atoms with Gasteiger partial charge in [0, 0.05) is 19.8 Å². The summed E-state index contributed by atoms with van der Waals surface area (Å²) in [5.41, 5.74) is 5.65. The molecule has 1 fully saturated rings. The van der Waals surface area contributed by atoms with E-state index in [0.29, 0.717) is 0 Å². The van der Waals surface area contributed by atoms with Crippen molar-refractivity contribution in [3.8, 4) is 0 Å². The van der Waals surface area contributed by atoms with E-state index in [1.165, 1.54) is 0 Å². The quantitative estimate of drug-likeness (QED) is 0.614. The lowest BCUT2D eigenvalue weighted by atomic mass is 9.86. The van der Waals surface area contributed by atoms with Crippen LogP contribution in [0.3, 0.4) is 0 Å². The van der Waals surface area contributed by atoms with E-state index in [1.54, 1.807) is 7.11 Å². The van der Waals surface area contributed by atoms with E-state index in [0.717, 1.165) is 13.0 Å². The van der Waals surface area contributed by atoms with Gasteiger partial charge in [-0.1, -0.05) is 0 Å². The molecule has 3 heteroatoms. The lowest BCUT2D eigenvalue weighted by Crippen LogP contribution is -2.57. The Bertz CT molecular complexity index is 106. The summed E-state index contributed by atoms with van der Waals surface area (Å²) in [4.78, 5) is 0. The fraction of sp³-hybridized carbons (Fsp3) is 1.00. The minimum absolute atomic E-state index is 0.125. The van der Waals surface area contributed by atoms with Gasteiger partial charge in [0.25, 0.3) is 0 Å². The number of hydrogen-bond donors (Lipinski definition) is 1. The highest BCUT2D eigenvalue weighted by molar-refractivity contribution is 4.94. The third-order valence-electron chi connectivity index (χ3n) is 1.95. The first-order valence-electron chi connectivity index (χ1n) is 3.69. The molecule has 0 unspecified atom stereocenters. The maximum atomic E-state index is 5.65. The summed E-state index contributed by atoms with van der Waals surface area (Å²) in [6.07, 6.45) is 1.30. The predicted molar refractivity (Wildman–Crippen MR) is 38.8 cm³/mol. The SMILES string of the molecule is CCO[C@@H]1C[C@H](N)[C@H]1OC. The Morgan fingerprint density at radius 1 is 1.60 bits per heavy atom. The van der Waals surface area contributed by atoms with Crippen molar-refractivity contribution in [3.63, 3.8) is 0 Å². The Hall–Kier alpha value is -0.120. The van der Waals surface area contributed by atoms with Crippen molar-refractivity contribution in [3.05, 3.63) is 0 Å². The van der Waals surface area contributed by atoms with Gasteiger partial charge in [-0.15, -0.1) is 0 Å². The number of rotatable bonds is 3. The Labute approximate surface area is 61.5 Å². The number of hydrogen-bond acceptors (Lipinski definition) is 3. The molecule has 1 aliphatic carbocycles. The molecule has 0 spiro atoms. The average Bonchev–Trinajstić information content (AvgIpc) is 1.88. The van der Waals surface area contributed by atoms with Crippen LogP contribution in [0.15, 0.2) is 0 Å². The largest absolute Gasteiger partial charge is 0.377 e. The second-order valence-electron chi connectivity index (χ2n) is 2.59. The molecular formula is C7H15NO2. The minimum atomic E-state index is 0.125. The second-order valence-corrected chi connectivity index (χ2v) is 2.59. The van der Waals surface area contributed by atoms with E-state index in [9.17, 15) is 0 Å². The highest BCUT2D eigenvalue weighted by atomic mass is 16.5. The number of methoxy groups -OCH3 is 1. The first-order valence-corrected chi connectivity index (χ1v) is 3.69. The summed E-state index contributed by atoms with van der Waals surface area (Å²) in [5, 5.41) is 0. The van der Waals surface area contributed by atoms with Gasteiger partial charge in [0.05, 0.1) is 12.2 Å². The standard InChI is InChI=1S/C7H15NO2/c1-3-10-6-4-5(8)7(6)9-2/h5-7H,3-4,8H2,1-2H3/t5-,6+,7+/m0/s1. The van der Waals surface area contributed by atoms with Crippen LogP contribution >= 0.6 is 0 Å². The molecule has 3 nitrogen and oxygen atoms in total. The van der Waals surface area contributed by atoms with Crippen LogP contribution in [0.5, 0.6) is 0 Å². The Balaban J connectivity index is 2.23. The Morgan fingerprint density at radius 3 is 2.70 bits per heavy atom. The molecule has 0 radical (unpaired) electrons. The van der Waals surface area contributed by atoms with Crippen molar-refractivity contribution in [1.29, 1.82) is 0 Å². The second kappa shape index (κ2) is 3.32. The molecule has 2 N–H and O–H groups in total. The normalized spacial score (nSPS) is 39.3. The van der Waals surface area contributed by atoms with E-state index < -0.39 is 0 Å². The molecule has 0 bridgehead atoms. The zero-order valence-electron chi connectivity index (χ0n) is 6.54. The summed E-state index contributed by atoms with van der Waals surface area (Å²) < 4.78 is 10.5. The highest BCUT2D eigenvalue weighted by Gasteiger charge is 2.39. The van der Waals surface area contributed by atoms with E-state index in [4.69, 9.17) is 15.2 Å². The molecule has 1 aliphatic rings. The highest BCUT2D eigenvalue weighted by Crippen LogP contribution is 2.24. The van der Waals surface area contributed by atoms with Crippen LogP contribution in [0.4, 0.5) is 0 Å². The molecular weight excluding hydrogens is 130 g/mol. The van der Waals surface area contributed by atoms with E-state index >= 15 is 0 Å². The number of ether oxygens (including phenoxy) is 2. The molecule has 0 aliphatic heterocycles. The molecule has 1 rings (SSSR count). The lowest BCUT2D eigenvalue weighted by molar-refractivity contribution is -0.122. The first-order chi connectivity index (χ1) is 4.79. The fourth-order valence-electron chi connectivity index (χ4n) is 1.32. The van der Waals surface area contributed by atoms with Crippen LogP contribution < -0.4 is 5.73 Å². The van der Waals surface area contributed by atoms with E-state index in [2.05, 4.69) is 0 Å². The zero-order chi connectivity index (χ0) is 7.56. The molecule has 0 aromatic carbocycles. The van der Waals surface area contributed by atoms with E-state index in [1.807, 2.05) is 6.92 Å². The van der Waals surface area contributed by atoms with Gasteiger partial charge >= 0.3 is 0 Å². The first kappa shape index (κ1) is 7.98. The Kier molecular flexibility index (Phi) is 2.65. The van der Waals surface area contributed by atoms with Crippen LogP contribution in [0.2, 0.25) is 0 Å². The van der Waals surface area contributed by atoms with Crippen LogP contribution in [0, 0.1) is 0 Å². The molecule has 0 aromatic rings. The maximum Gasteiger partial charge on any atom is 0.0984 e. The summed E-state index contributed by atoms with van der Waals surface area (Å²) in [7, 11) is 1.68. The molecule has 0 heterocycles. The van der Waals surface area contributed by atoms with Crippen LogP contribution in [-0.2, 0) is 9.47 Å². The van der Waals surface area contributed by atoms with Crippen molar-refractivity contribution in [2.75, 3.05) is 13.7 Å². The molecule has 0 aromatic heterocycles. The third-order valence-corrected chi connectivity index (χ3v) is 1.95. The van der Waals surface area contributed by atoms with Crippen LogP contribution in [-0.4, -0.2) is 32.0 Å². The van der Waals surface area contributed by atoms with Gasteiger partial charge in [0.15, 0.2) is 0 Å². The van der Waals surface area contributed by atoms with Crippen molar-refractivity contribution in [2.45, 2.75) is 31.6 Å². The average molecular weight is 145 g/mol. The van der Waals surface area contributed by atoms with Gasteiger partial charge < -0.3 is 15.2 Å². The van der Waals surface area contributed by atoms with Gasteiger partial charge in [0.1, 0.15) is 0 Å². The third kappa shape index (κ3) is 1.31. The number of nitrogens with two attached hydrogens (primary N) is 1. The zero-order valence-corrected chi connectivity index (χ0v) is 6.54. The van der Waals surface area contributed by atoms with E-state index in [-0.39, 0.29) is 18.2 Å². The molecule has 10 heavy (non-hydrogen) atoms. The predicted octanol–water partition coefficient (Wildman–Crippen LogP) is 0.138. The lowest BCUT2D eigenvalue weighted by Gasteiger charge is -2.40. The monoisotopic (exact) mass is 145 g/mol. The van der Waals surface area contributed by atoms with Gasteiger partial charge in [-0.25, -0.2) is 0 Å². The molecule has 0 saturated heterocycles. The van der Waals surface area contributed by atoms with Crippen molar-refractivity contribution < 1.29 is 9.47 Å².